The van der Waals surface area contributed by atoms with Gasteiger partial charge in [-0.1, -0.05) is 129 Å². The summed E-state index contributed by atoms with van der Waals surface area (Å²) in [5.41, 5.74) is 0.701. The average molecular weight is 952 g/mol. The Labute approximate surface area is 414 Å². The van der Waals surface area contributed by atoms with E-state index in [0.717, 1.165) is 25.7 Å². The van der Waals surface area contributed by atoms with Crippen LogP contribution in [0.15, 0.2) is 115 Å². The number of esters is 4. The molecule has 0 N–H and O–H groups in total. The van der Waals surface area contributed by atoms with Crippen molar-refractivity contribution in [3.8, 4) is 40.6 Å². The second kappa shape index (κ2) is 31.2. The minimum Gasteiger partial charge on any atom is -0.494 e. The largest absolute Gasteiger partial charge is 0.494 e. The number of ether oxygens (including phenoxy) is 6. The summed E-state index contributed by atoms with van der Waals surface area (Å²) >= 11 is 0. The van der Waals surface area contributed by atoms with Crippen molar-refractivity contribution < 1.29 is 47.6 Å². The van der Waals surface area contributed by atoms with Gasteiger partial charge >= 0.3 is 23.9 Å². The van der Waals surface area contributed by atoms with E-state index in [1.807, 2.05) is 6.07 Å². The van der Waals surface area contributed by atoms with E-state index in [2.05, 4.69) is 13.8 Å². The maximum atomic E-state index is 13.1. The van der Waals surface area contributed by atoms with Crippen molar-refractivity contribution in [2.45, 2.75) is 142 Å². The maximum Gasteiger partial charge on any atom is 0.343 e. The van der Waals surface area contributed by atoms with E-state index >= 15 is 0 Å². The third-order valence-corrected chi connectivity index (χ3v) is 11.8. The van der Waals surface area contributed by atoms with Crippen LogP contribution in [0.1, 0.15) is 189 Å². The number of carbonyl (C=O) groups excluding carboxylic acids is 4. The predicted octanol–water partition coefficient (Wildman–Crippen LogP) is 15.0. The number of nitrogens with zero attached hydrogens (tertiary/aromatic N) is 1. The van der Waals surface area contributed by atoms with Crippen molar-refractivity contribution in [2.24, 2.45) is 0 Å². The molecule has 0 saturated heterocycles. The van der Waals surface area contributed by atoms with E-state index in [4.69, 9.17) is 28.4 Å². The molecule has 0 heterocycles. The monoisotopic (exact) mass is 951 g/mol. The fourth-order valence-electron chi connectivity index (χ4n) is 7.65. The summed E-state index contributed by atoms with van der Waals surface area (Å²) in [6, 6.07) is 31.2. The lowest BCUT2D eigenvalue weighted by Gasteiger charge is -2.10. The molecule has 0 spiro atoms. The number of rotatable bonds is 32. The van der Waals surface area contributed by atoms with E-state index in [0.29, 0.717) is 36.2 Å². The van der Waals surface area contributed by atoms with E-state index < -0.39 is 23.9 Å². The molecule has 0 atom stereocenters. The number of hydrogen-bond acceptors (Lipinski definition) is 11. The van der Waals surface area contributed by atoms with Gasteiger partial charge in [0.2, 0.25) is 0 Å². The molecule has 0 saturated carbocycles. The van der Waals surface area contributed by atoms with Crippen LogP contribution in [0.25, 0.3) is 0 Å². The molecule has 70 heavy (non-hydrogen) atoms. The standard InChI is InChI=1S/C59H69NO10/c1-3-5-7-9-11-13-15-17-19-21-41-65-50-33-37-52(38-34-50)67-56(61)45-23-25-47(26-24-45)58(63)69-54-32-31-49(44-60)55(43-54)70-59(64)48-29-27-46(28-30-48)57(62)68-53-39-35-51(36-40-53)66-42-22-20-18-16-14-12-10-8-6-4-2/h23-40,43H,3-22,41-42H2,1-2H3. The zero-order valence-corrected chi connectivity index (χ0v) is 41.1. The summed E-state index contributed by atoms with van der Waals surface area (Å²) in [4.78, 5) is 52.0. The summed E-state index contributed by atoms with van der Waals surface area (Å²) in [5.74, 6) is -0.791. The van der Waals surface area contributed by atoms with Crippen molar-refractivity contribution in [3.05, 3.63) is 143 Å². The van der Waals surface area contributed by atoms with Crippen LogP contribution in [0.3, 0.4) is 0 Å². The molecule has 370 valence electrons. The van der Waals surface area contributed by atoms with Gasteiger partial charge in [0.15, 0.2) is 5.75 Å². The van der Waals surface area contributed by atoms with Gasteiger partial charge in [-0.25, -0.2) is 19.2 Å². The molecule has 0 aliphatic heterocycles. The van der Waals surface area contributed by atoms with Crippen LogP contribution in [0, 0.1) is 11.3 Å². The number of hydrogen-bond donors (Lipinski definition) is 0. The first-order valence-electron chi connectivity index (χ1n) is 25.3. The van der Waals surface area contributed by atoms with Gasteiger partial charge in [0.05, 0.1) is 41.0 Å². The van der Waals surface area contributed by atoms with Crippen molar-refractivity contribution in [1.29, 1.82) is 5.26 Å². The van der Waals surface area contributed by atoms with Crippen molar-refractivity contribution in [3.63, 3.8) is 0 Å². The van der Waals surface area contributed by atoms with Crippen molar-refractivity contribution in [2.75, 3.05) is 13.2 Å². The molecule has 0 aromatic heterocycles. The van der Waals surface area contributed by atoms with Gasteiger partial charge in [-0.3, -0.25) is 0 Å². The Balaban J connectivity index is 1.01. The predicted molar refractivity (Wildman–Crippen MR) is 271 cm³/mol. The highest BCUT2D eigenvalue weighted by Crippen LogP contribution is 2.27. The minimum absolute atomic E-state index is 0.0120. The zero-order valence-electron chi connectivity index (χ0n) is 41.1. The smallest absolute Gasteiger partial charge is 0.343 e. The second-order valence-electron chi connectivity index (χ2n) is 17.5. The number of carbonyl (C=O) groups is 4. The Hall–Kier alpha value is -6.93. The van der Waals surface area contributed by atoms with Gasteiger partial charge in [0.1, 0.15) is 34.8 Å². The molecule has 11 nitrogen and oxygen atoms in total. The van der Waals surface area contributed by atoms with Crippen LogP contribution >= 0.6 is 0 Å². The molecule has 0 aliphatic rings. The van der Waals surface area contributed by atoms with Crippen LogP contribution in [0.5, 0.6) is 34.5 Å². The molecule has 5 aromatic carbocycles. The lowest BCUT2D eigenvalue weighted by atomic mass is 10.1. The minimum atomic E-state index is -0.806. The summed E-state index contributed by atoms with van der Waals surface area (Å²) in [7, 11) is 0. The second-order valence-corrected chi connectivity index (χ2v) is 17.5. The summed E-state index contributed by atoms with van der Waals surface area (Å²) in [6.07, 6.45) is 25.1. The number of benzene rings is 5. The van der Waals surface area contributed by atoms with Crippen LogP contribution in [-0.2, 0) is 0 Å². The molecule has 0 aliphatic carbocycles. The Kier molecular flexibility index (Phi) is 24.1. The summed E-state index contributed by atoms with van der Waals surface area (Å²) in [6.45, 7) is 5.74. The first-order valence-corrected chi connectivity index (χ1v) is 25.3. The normalized spacial score (nSPS) is 10.8. The van der Waals surface area contributed by atoms with E-state index in [1.54, 1.807) is 48.5 Å². The average Bonchev–Trinajstić information content (AvgIpc) is 3.38. The lowest BCUT2D eigenvalue weighted by Crippen LogP contribution is -2.13. The fraction of sp³-hybridized carbons (Fsp3) is 0.407. The first kappa shape index (κ1) is 54.0. The molecule has 0 fully saturated rings. The summed E-state index contributed by atoms with van der Waals surface area (Å²) in [5, 5.41) is 9.71. The van der Waals surface area contributed by atoms with Gasteiger partial charge in [-0.15, -0.1) is 0 Å². The molecule has 11 heteroatoms. The maximum absolute atomic E-state index is 13.1. The zero-order chi connectivity index (χ0) is 49.6. The number of unbranched alkanes of at least 4 members (excludes halogenated alkanes) is 18. The van der Waals surface area contributed by atoms with Crippen LogP contribution in [0.2, 0.25) is 0 Å². The Bertz CT molecular complexity index is 2390. The van der Waals surface area contributed by atoms with Crippen LogP contribution in [-0.4, -0.2) is 37.1 Å². The summed E-state index contributed by atoms with van der Waals surface area (Å²) < 4.78 is 33.8. The molecule has 0 bridgehead atoms. The number of nitriles is 1. The van der Waals surface area contributed by atoms with Gasteiger partial charge < -0.3 is 28.4 Å². The highest BCUT2D eigenvalue weighted by molar-refractivity contribution is 5.96. The Morgan fingerprint density at radius 1 is 0.357 bits per heavy atom. The molecule has 0 unspecified atom stereocenters. The van der Waals surface area contributed by atoms with Crippen LogP contribution < -0.4 is 28.4 Å². The highest BCUT2D eigenvalue weighted by Gasteiger charge is 2.18. The van der Waals surface area contributed by atoms with E-state index in [-0.39, 0.29) is 39.3 Å². The quantitative estimate of drug-likeness (QED) is 0.0230. The SMILES string of the molecule is CCCCCCCCCCCCOc1ccc(OC(=O)c2ccc(C(=O)Oc3ccc(C#N)c(OC(=O)c4ccc(C(=O)Oc5ccc(OCCCCCCCCCCCC)cc5)cc4)c3)cc2)cc1. The van der Waals surface area contributed by atoms with Crippen molar-refractivity contribution in [1.82, 2.24) is 0 Å². The Morgan fingerprint density at radius 3 is 0.986 bits per heavy atom. The fourth-order valence-corrected chi connectivity index (χ4v) is 7.65. The van der Waals surface area contributed by atoms with Gasteiger partial charge in [0, 0.05) is 6.07 Å². The molecule has 5 aromatic rings. The molecular formula is C59H69NO10. The highest BCUT2D eigenvalue weighted by atomic mass is 16.6. The third-order valence-electron chi connectivity index (χ3n) is 11.8. The van der Waals surface area contributed by atoms with Gasteiger partial charge in [-0.2, -0.15) is 5.26 Å². The van der Waals surface area contributed by atoms with E-state index in [9.17, 15) is 24.4 Å². The van der Waals surface area contributed by atoms with Crippen molar-refractivity contribution >= 4 is 23.9 Å². The Morgan fingerprint density at radius 2 is 0.643 bits per heavy atom. The van der Waals surface area contributed by atoms with Crippen LogP contribution in [0.4, 0.5) is 0 Å². The molecule has 0 radical (unpaired) electrons. The first-order chi connectivity index (χ1) is 34.3. The van der Waals surface area contributed by atoms with Gasteiger partial charge in [-0.05, 0) is 122 Å². The topological polar surface area (TPSA) is 147 Å². The lowest BCUT2D eigenvalue weighted by molar-refractivity contribution is 0.0713. The third kappa shape index (κ3) is 19.6. The van der Waals surface area contributed by atoms with Gasteiger partial charge in [0.25, 0.3) is 0 Å². The van der Waals surface area contributed by atoms with E-state index in [1.165, 1.54) is 169 Å². The molecule has 5 rings (SSSR count). The molecular weight excluding hydrogens is 883 g/mol. The molecule has 0 amide bonds.